The minimum absolute atomic E-state index is 0.155. The fourth-order valence-electron chi connectivity index (χ4n) is 2.86. The van der Waals surface area contributed by atoms with Crippen molar-refractivity contribution in [2.75, 3.05) is 31.6 Å². The van der Waals surface area contributed by atoms with Crippen molar-refractivity contribution in [1.82, 2.24) is 15.2 Å². The molecule has 5 nitrogen and oxygen atoms in total. The molecule has 1 amide bonds. The van der Waals surface area contributed by atoms with Crippen LogP contribution in [0.5, 0.6) is 0 Å². The van der Waals surface area contributed by atoms with Gasteiger partial charge in [0, 0.05) is 31.1 Å². The highest BCUT2D eigenvalue weighted by Gasteiger charge is 2.42. The smallest absolute Gasteiger partial charge is 0.247 e. The molecular formula is C15H26N4OS. The third-order valence-corrected chi connectivity index (χ3v) is 5.52. The summed E-state index contributed by atoms with van der Waals surface area (Å²) in [5, 5.41) is 4.39. The van der Waals surface area contributed by atoms with Crippen LogP contribution in [-0.4, -0.2) is 48.0 Å². The number of nitrogens with one attached hydrogen (secondary N) is 1. The Labute approximate surface area is 131 Å². The largest absolute Gasteiger partial charge is 0.342 e. The van der Waals surface area contributed by atoms with Crippen LogP contribution in [-0.2, 0) is 4.79 Å². The molecule has 1 aliphatic heterocycles. The number of rotatable bonds is 4. The summed E-state index contributed by atoms with van der Waals surface area (Å²) in [6.45, 7) is 12.8. The van der Waals surface area contributed by atoms with Crippen molar-refractivity contribution in [2.24, 2.45) is 0 Å². The van der Waals surface area contributed by atoms with E-state index in [1.165, 1.54) is 4.88 Å². The molecule has 21 heavy (non-hydrogen) atoms. The Hall–Kier alpha value is -1.14. The van der Waals surface area contributed by atoms with Crippen LogP contribution >= 0.6 is 11.3 Å². The van der Waals surface area contributed by atoms with Gasteiger partial charge < -0.3 is 15.1 Å². The van der Waals surface area contributed by atoms with Gasteiger partial charge in [-0.15, -0.1) is 0 Å². The highest BCUT2D eigenvalue weighted by atomic mass is 32.1. The number of thiazole rings is 1. The molecule has 1 aromatic rings. The lowest BCUT2D eigenvalue weighted by Crippen LogP contribution is -2.62. The summed E-state index contributed by atoms with van der Waals surface area (Å²) in [6, 6.07) is 0.299. The first-order valence-electron chi connectivity index (χ1n) is 7.53. The first kappa shape index (κ1) is 16.2. The van der Waals surface area contributed by atoms with E-state index in [1.807, 2.05) is 27.8 Å². The lowest BCUT2D eigenvalue weighted by atomic mass is 9.99. The van der Waals surface area contributed by atoms with Gasteiger partial charge in [0.1, 0.15) is 5.54 Å². The Kier molecular flexibility index (Phi) is 4.58. The number of carbonyl (C=O) groups excluding carboxylic acids is 1. The van der Waals surface area contributed by atoms with Gasteiger partial charge in [0.15, 0.2) is 5.13 Å². The number of likely N-dealkylation sites (N-methyl/N-ethyl adjacent to an activating group) is 1. The summed E-state index contributed by atoms with van der Waals surface area (Å²) in [5.41, 5.74) is 0.529. The topological polar surface area (TPSA) is 48.5 Å². The van der Waals surface area contributed by atoms with Crippen LogP contribution in [0.2, 0.25) is 0 Å². The van der Waals surface area contributed by atoms with E-state index in [2.05, 4.69) is 24.1 Å². The molecule has 1 aliphatic rings. The summed E-state index contributed by atoms with van der Waals surface area (Å²) >= 11 is 1.70. The van der Waals surface area contributed by atoms with Gasteiger partial charge in [-0.05, 0) is 34.2 Å². The second kappa shape index (κ2) is 5.93. The number of piperazine rings is 1. The van der Waals surface area contributed by atoms with E-state index in [1.54, 1.807) is 16.2 Å². The number of hydrogen-bond donors (Lipinski definition) is 1. The molecule has 2 rings (SSSR count). The third-order valence-electron chi connectivity index (χ3n) is 4.16. The minimum Gasteiger partial charge on any atom is -0.342 e. The fraction of sp³-hybridized carbons (Fsp3) is 0.733. The highest BCUT2D eigenvalue weighted by molar-refractivity contribution is 7.15. The average molecular weight is 310 g/mol. The number of aromatic nitrogens is 1. The zero-order chi connectivity index (χ0) is 15.8. The number of anilines is 1. The van der Waals surface area contributed by atoms with E-state index in [9.17, 15) is 4.79 Å². The quantitative estimate of drug-likeness (QED) is 0.926. The second-order valence-electron chi connectivity index (χ2n) is 6.16. The summed E-state index contributed by atoms with van der Waals surface area (Å²) in [7, 11) is 1.87. The summed E-state index contributed by atoms with van der Waals surface area (Å²) in [5.74, 6) is 0.155. The Morgan fingerprint density at radius 1 is 1.43 bits per heavy atom. The molecule has 1 N–H and O–H groups in total. The molecule has 0 bridgehead atoms. The first-order chi connectivity index (χ1) is 9.78. The molecule has 2 heterocycles. The molecule has 1 fully saturated rings. The predicted molar refractivity (Wildman–Crippen MR) is 88.0 cm³/mol. The second-order valence-corrected chi connectivity index (χ2v) is 7.17. The molecule has 1 aromatic heterocycles. The maximum absolute atomic E-state index is 12.4. The Balaban J connectivity index is 2.30. The predicted octanol–water partition coefficient (Wildman–Crippen LogP) is 2.18. The maximum atomic E-state index is 12.4. The van der Waals surface area contributed by atoms with Crippen LogP contribution in [0.25, 0.3) is 0 Å². The normalized spacial score (nSPS) is 20.0. The molecule has 1 saturated heterocycles. The van der Waals surface area contributed by atoms with Crippen LogP contribution in [0.3, 0.4) is 0 Å². The monoisotopic (exact) mass is 310 g/mol. The van der Waals surface area contributed by atoms with E-state index < -0.39 is 5.54 Å². The first-order valence-corrected chi connectivity index (χ1v) is 8.34. The lowest BCUT2D eigenvalue weighted by molar-refractivity contribution is -0.136. The fourth-order valence-corrected chi connectivity index (χ4v) is 4.12. The van der Waals surface area contributed by atoms with Crippen LogP contribution in [0.1, 0.15) is 44.3 Å². The molecule has 6 heteroatoms. The van der Waals surface area contributed by atoms with E-state index >= 15 is 0 Å². The van der Waals surface area contributed by atoms with E-state index in [0.29, 0.717) is 6.04 Å². The van der Waals surface area contributed by atoms with Crippen LogP contribution in [0.15, 0.2) is 0 Å². The van der Waals surface area contributed by atoms with E-state index in [0.717, 1.165) is 30.5 Å². The minimum atomic E-state index is -0.532. The summed E-state index contributed by atoms with van der Waals surface area (Å²) in [6.07, 6.45) is 0. The number of hydrogen-bond acceptors (Lipinski definition) is 5. The molecule has 118 valence electrons. The van der Waals surface area contributed by atoms with Gasteiger partial charge in [0.2, 0.25) is 5.91 Å². The van der Waals surface area contributed by atoms with Gasteiger partial charge in [-0.1, -0.05) is 18.3 Å². The average Bonchev–Trinajstić information content (AvgIpc) is 2.78. The van der Waals surface area contributed by atoms with E-state index in [-0.39, 0.29) is 5.91 Å². The van der Waals surface area contributed by atoms with Crippen molar-refractivity contribution in [1.29, 1.82) is 0 Å². The van der Waals surface area contributed by atoms with Crippen LogP contribution in [0.4, 0.5) is 5.13 Å². The molecule has 1 unspecified atom stereocenters. The van der Waals surface area contributed by atoms with Crippen molar-refractivity contribution >= 4 is 22.4 Å². The standard InChI is InChI=1S/C15H26N4OS/c1-7-16-10(2)12-11(3)17-14(21-12)19-9-8-18(6)13(20)15(19,4)5/h10,16H,7-9H2,1-6H3. The molecule has 0 aliphatic carbocycles. The van der Waals surface area contributed by atoms with Crippen molar-refractivity contribution in [3.05, 3.63) is 10.6 Å². The Morgan fingerprint density at radius 2 is 2.10 bits per heavy atom. The maximum Gasteiger partial charge on any atom is 0.247 e. The number of carbonyl (C=O) groups is 1. The highest BCUT2D eigenvalue weighted by Crippen LogP contribution is 2.35. The molecular weight excluding hydrogens is 284 g/mol. The van der Waals surface area contributed by atoms with Gasteiger partial charge >= 0.3 is 0 Å². The van der Waals surface area contributed by atoms with Crippen molar-refractivity contribution < 1.29 is 4.79 Å². The van der Waals surface area contributed by atoms with Crippen LogP contribution < -0.4 is 10.2 Å². The number of aryl methyl sites for hydroxylation is 1. The van der Waals surface area contributed by atoms with Crippen LogP contribution in [0, 0.1) is 6.92 Å². The Morgan fingerprint density at radius 3 is 2.71 bits per heavy atom. The molecule has 0 radical (unpaired) electrons. The lowest BCUT2D eigenvalue weighted by Gasteiger charge is -2.44. The van der Waals surface area contributed by atoms with Gasteiger partial charge in [0.05, 0.1) is 5.69 Å². The van der Waals surface area contributed by atoms with Crippen molar-refractivity contribution in [2.45, 2.75) is 46.2 Å². The zero-order valence-electron chi connectivity index (χ0n) is 13.9. The SMILES string of the molecule is CCNC(C)c1sc(N2CCN(C)C(=O)C2(C)C)nc1C. The number of amides is 1. The van der Waals surface area contributed by atoms with Gasteiger partial charge in [0.25, 0.3) is 0 Å². The molecule has 0 spiro atoms. The molecule has 1 atom stereocenters. The van der Waals surface area contributed by atoms with Crippen molar-refractivity contribution in [3.63, 3.8) is 0 Å². The van der Waals surface area contributed by atoms with Crippen molar-refractivity contribution in [3.8, 4) is 0 Å². The summed E-state index contributed by atoms with van der Waals surface area (Å²) in [4.78, 5) is 22.3. The van der Waals surface area contributed by atoms with Gasteiger partial charge in [-0.25, -0.2) is 4.98 Å². The summed E-state index contributed by atoms with van der Waals surface area (Å²) < 4.78 is 0. The zero-order valence-corrected chi connectivity index (χ0v) is 14.7. The third kappa shape index (κ3) is 2.92. The molecule has 0 saturated carbocycles. The van der Waals surface area contributed by atoms with Gasteiger partial charge in [-0.3, -0.25) is 4.79 Å². The van der Waals surface area contributed by atoms with E-state index in [4.69, 9.17) is 4.98 Å². The Bertz CT molecular complexity index is 526. The number of nitrogens with zero attached hydrogens (tertiary/aromatic N) is 3. The van der Waals surface area contributed by atoms with Gasteiger partial charge in [-0.2, -0.15) is 0 Å². The molecule has 0 aromatic carbocycles.